The highest BCUT2D eigenvalue weighted by molar-refractivity contribution is 5.12. The number of hydrogen-bond donors (Lipinski definition) is 0. The Morgan fingerprint density at radius 2 is 0.430 bits per heavy atom. The van der Waals surface area contributed by atoms with Crippen LogP contribution in [0.3, 0.4) is 0 Å². The minimum absolute atomic E-state index is 0.232. The van der Waals surface area contributed by atoms with Gasteiger partial charge in [-0.3, -0.25) is 0 Å². The maximum absolute atomic E-state index is 2.41. The molecule has 0 aromatic carbocycles. The molecule has 0 unspecified atom stereocenters. The van der Waals surface area contributed by atoms with Crippen molar-refractivity contribution < 1.29 is 0 Å². The van der Waals surface area contributed by atoms with Crippen molar-refractivity contribution in [2.45, 2.75) is 424 Å². The highest BCUT2D eigenvalue weighted by Gasteiger charge is 2.42. The first-order valence-corrected chi connectivity index (χ1v) is 35.3. The van der Waals surface area contributed by atoms with E-state index in [4.69, 9.17) is 0 Å². The van der Waals surface area contributed by atoms with E-state index >= 15 is 0 Å². The lowest BCUT2D eigenvalue weighted by Crippen LogP contribution is -2.41. The first-order valence-electron chi connectivity index (χ1n) is 35.3. The van der Waals surface area contributed by atoms with Crippen molar-refractivity contribution in [2.75, 3.05) is 0 Å². The summed E-state index contributed by atoms with van der Waals surface area (Å²) in [6.07, 6.45) is 22.2. The molecule has 0 bridgehead atoms. The van der Waals surface area contributed by atoms with E-state index in [2.05, 4.69) is 384 Å². The Hall–Kier alpha value is -0.780. The van der Waals surface area contributed by atoms with E-state index in [1.807, 2.05) is 0 Å². The molecular formula is C86H180. The van der Waals surface area contributed by atoms with Crippen LogP contribution >= 0.6 is 0 Å². The molecule has 0 N–H and O–H groups in total. The third kappa shape index (κ3) is 67.6. The van der Waals surface area contributed by atoms with Gasteiger partial charge in [0.2, 0.25) is 0 Å². The van der Waals surface area contributed by atoms with Crippen LogP contribution in [0.5, 0.6) is 0 Å². The van der Waals surface area contributed by atoms with E-state index in [9.17, 15) is 0 Å². The molecule has 0 fully saturated rings. The molecule has 0 heteroatoms. The van der Waals surface area contributed by atoms with E-state index in [1.165, 1.54) is 64.2 Å². The Morgan fingerprint density at radius 1 is 0.221 bits per heavy atom. The van der Waals surface area contributed by atoms with Gasteiger partial charge >= 0.3 is 0 Å². The van der Waals surface area contributed by atoms with Crippen molar-refractivity contribution >= 4 is 0 Å². The molecule has 0 amide bonds. The third-order valence-electron chi connectivity index (χ3n) is 17.7. The predicted molar refractivity (Wildman–Crippen MR) is 410 cm³/mol. The molecule has 0 saturated carbocycles. The molecule has 0 nitrogen and oxygen atoms in total. The molecule has 0 radical (unpaired) electrons. The Kier molecular flexibility index (Phi) is 41.4. The fraction of sp³-hybridized carbons (Fsp3) is 0.930. The van der Waals surface area contributed by atoms with Crippen molar-refractivity contribution in [3.05, 3.63) is 35.5 Å². The summed E-state index contributed by atoms with van der Waals surface area (Å²) in [6.45, 7) is 120. The summed E-state index contributed by atoms with van der Waals surface area (Å²) in [5, 5.41) is 0. The van der Waals surface area contributed by atoms with E-state index < -0.39 is 0 Å². The molecule has 524 valence electrons. The van der Waals surface area contributed by atoms with Crippen LogP contribution in [-0.4, -0.2) is 0 Å². The van der Waals surface area contributed by atoms with Crippen LogP contribution < -0.4 is 0 Å². The summed E-state index contributed by atoms with van der Waals surface area (Å²) in [7, 11) is 0. The first-order chi connectivity index (χ1) is 36.3. The van der Waals surface area contributed by atoms with Gasteiger partial charge in [-0.1, -0.05) is 382 Å². The number of hydrogen-bond acceptors (Lipinski definition) is 0. The first kappa shape index (κ1) is 98.8. The van der Waals surface area contributed by atoms with Gasteiger partial charge in [-0.2, -0.15) is 0 Å². The standard InChI is InChI=1S/C16H32.C14H28.C14H30.C12H24.C11H24.C10H22.C9H20/c1-13(2,3)15(7,8)11-12-16(9,10)14(4,5)6;1-11(9-13(3,4)5)12(2)10-14(6,7)8;1-12(2,3)9-10-14(7,8)11-13(4,5)6;1-11(2,3)9-7-8-10-12(4,5)6;1-9(2,3)11(7,8)10(4,5)6;1-9(2,3)7-8-10(4,5)6;1-8(2,3)7-9(4,5)6/h11-12H,1-10H3;9-10H2,1-8H3;9-11H2,1-8H3;7-8H,9-10H2,1-6H3;1-8H3;7-8H2,1-6H3;7H2,1-6H3/b2*12-11-;;8-7-;;;. The molecule has 0 aromatic heterocycles. The quantitative estimate of drug-likeness (QED) is 0.191. The SMILES string of the molecule is C/C(CC(C)(C)C)=C(\C)CC(C)(C)C.CC(C)(C)C(C)(C)/C=C\C(C)(C)C(C)(C)C.CC(C)(C)C(C)(C)C(C)(C)C.CC(C)(C)C/C=C\CC(C)(C)C.CC(C)(C)CC(C)(C)C.CC(C)(C)CCC(C)(C)C.CC(C)(C)CCC(C)(C)CC(C)(C)C. The van der Waals surface area contributed by atoms with Gasteiger partial charge in [0, 0.05) is 0 Å². The molecule has 0 rings (SSSR count). The second-order valence-corrected chi connectivity index (χ2v) is 46.3. The van der Waals surface area contributed by atoms with Crippen molar-refractivity contribution in [1.29, 1.82) is 0 Å². The highest BCUT2D eigenvalue weighted by atomic mass is 14.5. The monoisotopic (exact) mass is 1210 g/mol. The Morgan fingerprint density at radius 3 is 0.558 bits per heavy atom. The van der Waals surface area contributed by atoms with Crippen LogP contribution in [0, 0.1) is 97.5 Å². The summed E-state index contributed by atoms with van der Waals surface area (Å²) in [6, 6.07) is 0. The smallest absolute Gasteiger partial charge is 0.0126 e. The van der Waals surface area contributed by atoms with Gasteiger partial charge < -0.3 is 0 Å². The topological polar surface area (TPSA) is 0 Å². The van der Waals surface area contributed by atoms with Crippen LogP contribution in [0.4, 0.5) is 0 Å². The lowest BCUT2D eigenvalue weighted by molar-refractivity contribution is 0.00575. The Bertz CT molecular complexity index is 1700. The summed E-state index contributed by atoms with van der Waals surface area (Å²) < 4.78 is 0. The summed E-state index contributed by atoms with van der Waals surface area (Å²) in [4.78, 5) is 0. The molecule has 0 aliphatic heterocycles. The van der Waals surface area contributed by atoms with E-state index in [0.717, 1.165) is 0 Å². The largest absolute Gasteiger partial charge is 0.0880 e. The fourth-order valence-electron chi connectivity index (χ4n) is 9.39. The molecule has 0 atom stereocenters. The predicted octanol–water partition coefficient (Wildman–Crippen LogP) is 32.0. The molecule has 0 aliphatic carbocycles. The molecule has 0 aromatic rings. The maximum atomic E-state index is 2.41. The molecule has 0 spiro atoms. The third-order valence-corrected chi connectivity index (χ3v) is 17.7. The minimum Gasteiger partial charge on any atom is -0.0880 e. The van der Waals surface area contributed by atoms with Crippen molar-refractivity contribution in [3.8, 4) is 0 Å². The van der Waals surface area contributed by atoms with E-state index in [1.54, 1.807) is 11.1 Å². The number of allylic oxidation sites excluding steroid dienone is 6. The second-order valence-electron chi connectivity index (χ2n) is 46.3. The van der Waals surface area contributed by atoms with Crippen LogP contribution in [0.15, 0.2) is 35.5 Å². The molecule has 0 saturated heterocycles. The van der Waals surface area contributed by atoms with Crippen LogP contribution in [0.2, 0.25) is 0 Å². The van der Waals surface area contributed by atoms with Crippen LogP contribution in [0.25, 0.3) is 0 Å². The van der Waals surface area contributed by atoms with Gasteiger partial charge in [0.1, 0.15) is 0 Å². The summed E-state index contributed by atoms with van der Waals surface area (Å²) in [5.74, 6) is 0. The van der Waals surface area contributed by atoms with Crippen LogP contribution in [0.1, 0.15) is 424 Å². The molecule has 0 aliphatic rings. The number of rotatable bonds is 10. The van der Waals surface area contributed by atoms with Gasteiger partial charge in [0.25, 0.3) is 0 Å². The van der Waals surface area contributed by atoms with Gasteiger partial charge in [0.05, 0.1) is 0 Å². The average Bonchev–Trinajstić information content (AvgIpc) is 3.12. The lowest BCUT2D eigenvalue weighted by Gasteiger charge is -2.49. The minimum atomic E-state index is 0.232. The normalized spacial score (nSPS) is 14.8. The highest BCUT2D eigenvalue weighted by Crippen LogP contribution is 2.51. The molecule has 0 heterocycles. The maximum Gasteiger partial charge on any atom is -0.0126 e. The van der Waals surface area contributed by atoms with Crippen molar-refractivity contribution in [1.82, 2.24) is 0 Å². The average molecular weight is 1210 g/mol. The van der Waals surface area contributed by atoms with Gasteiger partial charge in [-0.25, -0.2) is 0 Å². The van der Waals surface area contributed by atoms with Gasteiger partial charge in [-0.05, 0) is 176 Å². The van der Waals surface area contributed by atoms with Gasteiger partial charge in [-0.15, -0.1) is 0 Å². The van der Waals surface area contributed by atoms with Crippen LogP contribution in [-0.2, 0) is 0 Å². The molecule has 86 heavy (non-hydrogen) atoms. The Labute approximate surface area is 554 Å². The summed E-state index contributed by atoms with van der Waals surface area (Å²) >= 11 is 0. The zero-order valence-electron chi connectivity index (χ0n) is 71.4. The van der Waals surface area contributed by atoms with Crippen molar-refractivity contribution in [2.24, 2.45) is 97.5 Å². The lowest BCUT2D eigenvalue weighted by atomic mass is 9.56. The fourth-order valence-corrected chi connectivity index (χ4v) is 9.39. The van der Waals surface area contributed by atoms with Gasteiger partial charge in [0.15, 0.2) is 0 Å². The zero-order valence-corrected chi connectivity index (χ0v) is 71.4. The Balaban J connectivity index is -0.000000171. The summed E-state index contributed by atoms with van der Waals surface area (Å²) in [5.41, 5.74) is 10.5. The zero-order chi connectivity index (χ0) is 72.1. The molecular weight excluding hydrogens is 1030 g/mol. The second kappa shape index (κ2) is 36.0. The van der Waals surface area contributed by atoms with Crippen molar-refractivity contribution in [3.63, 3.8) is 0 Å². The van der Waals surface area contributed by atoms with E-state index in [0.29, 0.717) is 86.6 Å². The van der Waals surface area contributed by atoms with E-state index in [-0.39, 0.29) is 10.8 Å².